The van der Waals surface area contributed by atoms with E-state index < -0.39 is 0 Å². The van der Waals surface area contributed by atoms with E-state index in [0.717, 1.165) is 41.5 Å². The van der Waals surface area contributed by atoms with E-state index in [1.807, 2.05) is 43.9 Å². The summed E-state index contributed by atoms with van der Waals surface area (Å²) in [5, 5.41) is 3.16. The molecule has 0 spiro atoms. The zero-order chi connectivity index (χ0) is 30.1. The van der Waals surface area contributed by atoms with Crippen LogP contribution in [0.5, 0.6) is 0 Å². The maximum atomic E-state index is 12.1. The van der Waals surface area contributed by atoms with Gasteiger partial charge in [0.15, 0.2) is 0 Å². The molecule has 2 aromatic rings. The van der Waals surface area contributed by atoms with Gasteiger partial charge in [-0.25, -0.2) is 0 Å². The predicted molar refractivity (Wildman–Crippen MR) is 180 cm³/mol. The monoisotopic (exact) mass is 717 g/mol. The molecule has 0 saturated carbocycles. The largest absolute Gasteiger partial charge is 0.370 e. The first-order chi connectivity index (χ1) is 18.6. The molecule has 2 heterocycles. The van der Waals surface area contributed by atoms with E-state index in [1.165, 1.54) is 22.3 Å². The normalized spacial score (nSPS) is 15.3. The third-order valence-electron chi connectivity index (χ3n) is 6.42. The Balaban J connectivity index is 0.000000349. The summed E-state index contributed by atoms with van der Waals surface area (Å²) in [6.07, 6.45) is 2.04. The Morgan fingerprint density at radius 2 is 1.34 bits per heavy atom. The number of carbonyl (C=O) groups is 1. The topological polar surface area (TPSA) is 76.8 Å². The Morgan fingerprint density at radius 1 is 0.878 bits per heavy atom. The lowest BCUT2D eigenvalue weighted by atomic mass is 10.0. The molecule has 0 unspecified atom stereocenters. The number of benzene rings is 2. The van der Waals surface area contributed by atoms with Gasteiger partial charge in [-0.05, 0) is 108 Å². The number of ether oxygens (including phenoxy) is 2. The molecule has 2 aliphatic rings. The number of aryl methyl sites for hydroxylation is 3. The molecule has 41 heavy (non-hydrogen) atoms. The van der Waals surface area contributed by atoms with Crippen molar-refractivity contribution >= 4 is 50.2 Å². The van der Waals surface area contributed by atoms with Gasteiger partial charge in [-0.15, -0.1) is 12.4 Å². The second-order valence-corrected chi connectivity index (χ2v) is 14.3. The summed E-state index contributed by atoms with van der Waals surface area (Å²) in [5.74, 6) is 0.228. The van der Waals surface area contributed by atoms with Gasteiger partial charge in [0.2, 0.25) is 5.91 Å². The molecule has 3 N–H and O–H groups in total. The van der Waals surface area contributed by atoms with Crippen LogP contribution in [0.4, 0.5) is 0 Å². The number of likely N-dealkylation sites (tertiary alicyclic amines) is 1. The summed E-state index contributed by atoms with van der Waals surface area (Å²) in [4.78, 5) is 14.0. The zero-order valence-electron chi connectivity index (χ0n) is 26.0. The molecule has 0 aromatic heterocycles. The molecule has 0 bridgehead atoms. The quantitative estimate of drug-likeness (QED) is 0.333. The van der Waals surface area contributed by atoms with Gasteiger partial charge in [-0.2, -0.15) is 0 Å². The Labute approximate surface area is 271 Å². The van der Waals surface area contributed by atoms with Crippen molar-refractivity contribution in [2.45, 2.75) is 98.2 Å². The molecule has 1 amide bonds. The van der Waals surface area contributed by atoms with Crippen molar-refractivity contribution in [3.8, 4) is 0 Å². The van der Waals surface area contributed by atoms with E-state index >= 15 is 0 Å². The highest BCUT2D eigenvalue weighted by Gasteiger charge is 2.33. The summed E-state index contributed by atoms with van der Waals surface area (Å²) in [7, 11) is 0. The Kier molecular flexibility index (Phi) is 16.1. The second-order valence-electron chi connectivity index (χ2n) is 12.5. The van der Waals surface area contributed by atoms with Gasteiger partial charge >= 0.3 is 0 Å². The molecule has 2 aliphatic heterocycles. The Morgan fingerprint density at radius 3 is 1.71 bits per heavy atom. The number of nitrogens with one attached hydrogen (secondary N) is 1. The van der Waals surface area contributed by atoms with E-state index in [2.05, 4.69) is 90.0 Å². The van der Waals surface area contributed by atoms with Gasteiger partial charge in [0.05, 0.1) is 23.4 Å². The fourth-order valence-corrected chi connectivity index (χ4v) is 5.24. The van der Waals surface area contributed by atoms with Gasteiger partial charge in [0, 0.05) is 48.1 Å². The molecule has 6 nitrogen and oxygen atoms in total. The predicted octanol–water partition coefficient (Wildman–Crippen LogP) is 7.13. The zero-order valence-corrected chi connectivity index (χ0v) is 30.0. The first-order valence-electron chi connectivity index (χ1n) is 14.1. The SMILES string of the molecule is CC(C)(C)OC1CNC1.Cc1cc(Br)ccc1CCC(=O)N1CC(OC(C)(C)C)C1.Cc1cc(Br)ccc1CN.Cl. The second kappa shape index (κ2) is 17.3. The van der Waals surface area contributed by atoms with E-state index in [1.54, 1.807) is 0 Å². The number of nitrogens with two attached hydrogens (primary N) is 1. The van der Waals surface area contributed by atoms with Gasteiger partial charge in [0.1, 0.15) is 0 Å². The van der Waals surface area contributed by atoms with Gasteiger partial charge in [-0.1, -0.05) is 44.0 Å². The summed E-state index contributed by atoms with van der Waals surface area (Å²) >= 11 is 6.85. The Bertz CT molecular complexity index is 1090. The van der Waals surface area contributed by atoms with Crippen LogP contribution in [0.25, 0.3) is 0 Å². The number of carbonyl (C=O) groups excluding carboxylic acids is 1. The average Bonchev–Trinajstić information content (AvgIpc) is 2.78. The highest BCUT2D eigenvalue weighted by molar-refractivity contribution is 9.10. The van der Waals surface area contributed by atoms with Crippen LogP contribution in [-0.4, -0.2) is 60.4 Å². The van der Waals surface area contributed by atoms with E-state index in [0.29, 0.717) is 19.1 Å². The maximum absolute atomic E-state index is 12.1. The van der Waals surface area contributed by atoms with E-state index in [4.69, 9.17) is 15.2 Å². The number of hydrogen-bond donors (Lipinski definition) is 2. The van der Waals surface area contributed by atoms with Crippen LogP contribution in [0.1, 0.15) is 70.2 Å². The Hall–Kier alpha value is -1.00. The average molecular weight is 720 g/mol. The molecular weight excluding hydrogens is 670 g/mol. The van der Waals surface area contributed by atoms with Crippen molar-refractivity contribution < 1.29 is 14.3 Å². The molecular formula is C32H50Br2ClN3O3. The van der Waals surface area contributed by atoms with Crippen molar-refractivity contribution in [3.63, 3.8) is 0 Å². The fourth-order valence-electron chi connectivity index (χ4n) is 4.29. The summed E-state index contributed by atoms with van der Waals surface area (Å²) < 4.78 is 13.7. The van der Waals surface area contributed by atoms with Gasteiger partial charge in [0.25, 0.3) is 0 Å². The lowest BCUT2D eigenvalue weighted by Gasteiger charge is -2.42. The lowest BCUT2D eigenvalue weighted by molar-refractivity contribution is -0.157. The summed E-state index contributed by atoms with van der Waals surface area (Å²) in [6.45, 7) is 20.7. The van der Waals surface area contributed by atoms with Crippen LogP contribution in [0.2, 0.25) is 0 Å². The van der Waals surface area contributed by atoms with Crippen molar-refractivity contribution in [1.29, 1.82) is 0 Å². The van der Waals surface area contributed by atoms with Gasteiger partial charge < -0.3 is 25.4 Å². The minimum Gasteiger partial charge on any atom is -0.370 e. The molecule has 0 aliphatic carbocycles. The number of amides is 1. The van der Waals surface area contributed by atoms with Crippen LogP contribution in [0.3, 0.4) is 0 Å². The number of rotatable bonds is 6. The highest BCUT2D eigenvalue weighted by Crippen LogP contribution is 2.22. The lowest BCUT2D eigenvalue weighted by Crippen LogP contribution is -2.56. The molecule has 232 valence electrons. The smallest absolute Gasteiger partial charge is 0.223 e. The molecule has 2 aromatic carbocycles. The van der Waals surface area contributed by atoms with Crippen LogP contribution in [0.15, 0.2) is 45.3 Å². The molecule has 0 atom stereocenters. The van der Waals surface area contributed by atoms with Crippen LogP contribution in [-0.2, 0) is 27.2 Å². The standard InChI is InChI=1S/C17H24BrNO2.C8H10BrN.C7H15NO.ClH/c1-12-9-14(18)7-5-13(12)6-8-16(20)19-10-15(11-19)21-17(2,3)4;1-6-4-8(9)3-2-7(6)5-10;1-7(2,3)9-6-4-8-5-6;/h5,7,9,15H,6,8,10-11H2,1-4H3;2-4H,5,10H2,1H3;6,8H,4-5H2,1-3H3;1H. The van der Waals surface area contributed by atoms with Crippen molar-refractivity contribution in [3.05, 3.63) is 67.6 Å². The number of hydrogen-bond acceptors (Lipinski definition) is 5. The fraction of sp³-hybridized carbons (Fsp3) is 0.594. The van der Waals surface area contributed by atoms with Crippen LogP contribution in [0, 0.1) is 13.8 Å². The summed E-state index contributed by atoms with van der Waals surface area (Å²) in [5.41, 5.74) is 10.3. The first kappa shape index (κ1) is 38.0. The third-order valence-corrected chi connectivity index (χ3v) is 7.41. The van der Waals surface area contributed by atoms with E-state index in [-0.39, 0.29) is 35.6 Å². The van der Waals surface area contributed by atoms with Crippen LogP contribution < -0.4 is 11.1 Å². The highest BCUT2D eigenvalue weighted by atomic mass is 79.9. The summed E-state index contributed by atoms with van der Waals surface area (Å²) in [6, 6.07) is 12.3. The minimum absolute atomic E-state index is 0. The van der Waals surface area contributed by atoms with Crippen molar-refractivity contribution in [2.24, 2.45) is 5.73 Å². The minimum atomic E-state index is -0.131. The number of nitrogens with zero attached hydrogens (tertiary/aromatic N) is 1. The molecule has 0 radical (unpaired) electrons. The molecule has 2 fully saturated rings. The van der Waals surface area contributed by atoms with Crippen molar-refractivity contribution in [2.75, 3.05) is 26.2 Å². The van der Waals surface area contributed by atoms with Crippen molar-refractivity contribution in [1.82, 2.24) is 10.2 Å². The number of halogens is 3. The van der Waals surface area contributed by atoms with Gasteiger partial charge in [-0.3, -0.25) is 4.79 Å². The molecule has 4 rings (SSSR count). The molecule has 9 heteroatoms. The maximum Gasteiger partial charge on any atom is 0.223 e. The molecule has 2 saturated heterocycles. The van der Waals surface area contributed by atoms with Crippen LogP contribution >= 0.6 is 44.3 Å². The first-order valence-corrected chi connectivity index (χ1v) is 15.7. The van der Waals surface area contributed by atoms with E-state index in [9.17, 15) is 4.79 Å². The third kappa shape index (κ3) is 14.8.